The summed E-state index contributed by atoms with van der Waals surface area (Å²) in [6.07, 6.45) is 9.33. The second kappa shape index (κ2) is 6.02. The quantitative estimate of drug-likeness (QED) is 0.820. The highest BCUT2D eigenvalue weighted by Gasteiger charge is 2.37. The fourth-order valence-corrected chi connectivity index (χ4v) is 4.44. The molecule has 3 heterocycles. The van der Waals surface area contributed by atoms with Crippen LogP contribution in [-0.2, 0) is 4.79 Å². The Bertz CT molecular complexity index is 344. The summed E-state index contributed by atoms with van der Waals surface area (Å²) in [5, 5.41) is 6.78. The van der Waals surface area contributed by atoms with Crippen LogP contribution in [0.1, 0.15) is 51.4 Å². The van der Waals surface area contributed by atoms with E-state index in [1.165, 1.54) is 45.2 Å². The SMILES string of the molecule is CNC1(CC(=O)NC2CN3CCC2CC3)CCCCC1. The predicted molar refractivity (Wildman–Crippen MR) is 80.6 cm³/mol. The number of carbonyl (C=O) groups excluding carboxylic acids is 1. The standard InChI is InChI=1S/C16H29N3O/c1-17-16(7-3-2-4-8-16)11-15(20)18-14-12-19-9-5-13(14)6-10-19/h13-14,17H,2-12H2,1H3,(H,18,20). The van der Waals surface area contributed by atoms with Crippen LogP contribution in [0.15, 0.2) is 0 Å². The number of amides is 1. The van der Waals surface area contributed by atoms with E-state index in [1.54, 1.807) is 0 Å². The molecule has 2 bridgehead atoms. The first-order valence-corrected chi connectivity index (χ1v) is 8.41. The molecule has 0 spiro atoms. The fourth-order valence-electron chi connectivity index (χ4n) is 4.44. The number of nitrogens with one attached hydrogen (secondary N) is 2. The smallest absolute Gasteiger partial charge is 0.222 e. The van der Waals surface area contributed by atoms with Gasteiger partial charge >= 0.3 is 0 Å². The number of carbonyl (C=O) groups is 1. The van der Waals surface area contributed by atoms with Crippen molar-refractivity contribution < 1.29 is 4.79 Å². The summed E-state index contributed by atoms with van der Waals surface area (Å²) < 4.78 is 0. The van der Waals surface area contributed by atoms with Crippen molar-refractivity contribution in [1.29, 1.82) is 0 Å². The van der Waals surface area contributed by atoms with Gasteiger partial charge in [-0.25, -0.2) is 0 Å². The van der Waals surface area contributed by atoms with E-state index in [-0.39, 0.29) is 11.4 Å². The summed E-state index contributed by atoms with van der Waals surface area (Å²) in [4.78, 5) is 14.9. The molecule has 114 valence electrons. The molecular formula is C16H29N3O. The number of nitrogens with zero attached hydrogens (tertiary/aromatic N) is 1. The monoisotopic (exact) mass is 279 g/mol. The molecule has 4 nitrogen and oxygen atoms in total. The van der Waals surface area contributed by atoms with Crippen LogP contribution in [0, 0.1) is 5.92 Å². The maximum atomic E-state index is 12.5. The van der Waals surface area contributed by atoms with Gasteiger partial charge in [0.15, 0.2) is 0 Å². The van der Waals surface area contributed by atoms with Crippen LogP contribution in [-0.4, -0.2) is 49.1 Å². The summed E-state index contributed by atoms with van der Waals surface area (Å²) in [5.41, 5.74) is 0.0658. The molecule has 4 rings (SSSR count). The van der Waals surface area contributed by atoms with Gasteiger partial charge in [0.25, 0.3) is 0 Å². The molecule has 3 saturated heterocycles. The molecule has 1 atom stereocenters. The van der Waals surface area contributed by atoms with Crippen LogP contribution in [0.25, 0.3) is 0 Å². The molecule has 4 aliphatic rings. The van der Waals surface area contributed by atoms with E-state index in [9.17, 15) is 4.79 Å². The van der Waals surface area contributed by atoms with Gasteiger partial charge in [-0.05, 0) is 51.7 Å². The van der Waals surface area contributed by atoms with Crippen molar-refractivity contribution in [2.45, 2.75) is 62.9 Å². The van der Waals surface area contributed by atoms with Crippen molar-refractivity contribution in [3.05, 3.63) is 0 Å². The highest BCUT2D eigenvalue weighted by atomic mass is 16.1. The second-order valence-electron chi connectivity index (χ2n) is 7.08. The minimum atomic E-state index is 0.0658. The van der Waals surface area contributed by atoms with E-state index >= 15 is 0 Å². The number of rotatable bonds is 4. The average Bonchev–Trinajstić information content (AvgIpc) is 2.49. The van der Waals surface area contributed by atoms with E-state index in [4.69, 9.17) is 0 Å². The highest BCUT2D eigenvalue weighted by Crippen LogP contribution is 2.31. The Morgan fingerprint density at radius 3 is 2.45 bits per heavy atom. The molecule has 20 heavy (non-hydrogen) atoms. The van der Waals surface area contributed by atoms with Gasteiger partial charge in [0, 0.05) is 24.5 Å². The third kappa shape index (κ3) is 3.01. The van der Waals surface area contributed by atoms with E-state index in [0.717, 1.165) is 25.3 Å². The average molecular weight is 279 g/mol. The van der Waals surface area contributed by atoms with E-state index in [0.29, 0.717) is 12.5 Å². The van der Waals surface area contributed by atoms with Crippen LogP contribution < -0.4 is 10.6 Å². The van der Waals surface area contributed by atoms with Gasteiger partial charge in [0.1, 0.15) is 0 Å². The van der Waals surface area contributed by atoms with Crippen LogP contribution >= 0.6 is 0 Å². The molecular weight excluding hydrogens is 250 g/mol. The molecule has 1 saturated carbocycles. The van der Waals surface area contributed by atoms with Crippen molar-refractivity contribution >= 4 is 5.91 Å². The molecule has 4 heteroatoms. The molecule has 1 aliphatic carbocycles. The maximum absolute atomic E-state index is 12.5. The Hall–Kier alpha value is -0.610. The zero-order valence-corrected chi connectivity index (χ0v) is 12.8. The van der Waals surface area contributed by atoms with E-state index < -0.39 is 0 Å². The molecule has 2 N–H and O–H groups in total. The number of piperidine rings is 3. The molecule has 4 fully saturated rings. The second-order valence-corrected chi connectivity index (χ2v) is 7.08. The first-order chi connectivity index (χ1) is 9.71. The molecule has 0 aromatic heterocycles. The lowest BCUT2D eigenvalue weighted by molar-refractivity contribution is -0.125. The highest BCUT2D eigenvalue weighted by molar-refractivity contribution is 5.77. The number of hydrogen-bond donors (Lipinski definition) is 2. The van der Waals surface area contributed by atoms with Crippen LogP contribution in [0.4, 0.5) is 0 Å². The lowest BCUT2D eigenvalue weighted by Gasteiger charge is -2.45. The normalized spacial score (nSPS) is 35.8. The topological polar surface area (TPSA) is 44.4 Å². The lowest BCUT2D eigenvalue weighted by Crippen LogP contribution is -2.58. The summed E-state index contributed by atoms with van der Waals surface area (Å²) >= 11 is 0. The van der Waals surface area contributed by atoms with Gasteiger partial charge in [-0.15, -0.1) is 0 Å². The molecule has 1 amide bonds. The maximum Gasteiger partial charge on any atom is 0.222 e. The Morgan fingerprint density at radius 2 is 1.90 bits per heavy atom. The summed E-state index contributed by atoms with van der Waals surface area (Å²) in [6, 6.07) is 0.405. The Labute approximate surface area is 122 Å². The minimum Gasteiger partial charge on any atom is -0.352 e. The Kier molecular flexibility index (Phi) is 4.32. The van der Waals surface area contributed by atoms with Gasteiger partial charge in [0.05, 0.1) is 0 Å². The third-order valence-electron chi connectivity index (χ3n) is 5.84. The van der Waals surface area contributed by atoms with Crippen LogP contribution in [0.2, 0.25) is 0 Å². The third-order valence-corrected chi connectivity index (χ3v) is 5.84. The predicted octanol–water partition coefficient (Wildman–Crippen LogP) is 1.51. The van der Waals surface area contributed by atoms with Crippen molar-refractivity contribution in [3.8, 4) is 0 Å². The van der Waals surface area contributed by atoms with E-state index in [1.807, 2.05) is 7.05 Å². The number of hydrogen-bond acceptors (Lipinski definition) is 3. The van der Waals surface area contributed by atoms with Gasteiger partial charge in [-0.3, -0.25) is 4.79 Å². The first-order valence-electron chi connectivity index (χ1n) is 8.41. The van der Waals surface area contributed by atoms with Crippen molar-refractivity contribution in [1.82, 2.24) is 15.5 Å². The minimum absolute atomic E-state index is 0.0658. The molecule has 0 radical (unpaired) electrons. The summed E-state index contributed by atoms with van der Waals surface area (Å²) in [7, 11) is 2.02. The van der Waals surface area contributed by atoms with Gasteiger partial charge < -0.3 is 15.5 Å². The zero-order chi connectivity index (χ0) is 14.0. The molecule has 0 aromatic rings. The first kappa shape index (κ1) is 14.3. The number of fused-ring (bicyclic) bond motifs is 3. The Morgan fingerprint density at radius 1 is 1.20 bits per heavy atom. The summed E-state index contributed by atoms with van der Waals surface area (Å²) in [6.45, 7) is 3.54. The van der Waals surface area contributed by atoms with Crippen molar-refractivity contribution in [3.63, 3.8) is 0 Å². The van der Waals surface area contributed by atoms with E-state index in [2.05, 4.69) is 15.5 Å². The molecule has 1 unspecified atom stereocenters. The van der Waals surface area contributed by atoms with Crippen molar-refractivity contribution in [2.75, 3.05) is 26.7 Å². The Balaban J connectivity index is 1.54. The lowest BCUT2D eigenvalue weighted by atomic mass is 9.78. The van der Waals surface area contributed by atoms with Crippen LogP contribution in [0.5, 0.6) is 0 Å². The fraction of sp³-hybridized carbons (Fsp3) is 0.938. The van der Waals surface area contributed by atoms with Gasteiger partial charge in [-0.1, -0.05) is 19.3 Å². The zero-order valence-electron chi connectivity index (χ0n) is 12.8. The summed E-state index contributed by atoms with van der Waals surface area (Å²) in [5.74, 6) is 0.987. The van der Waals surface area contributed by atoms with Crippen LogP contribution in [0.3, 0.4) is 0 Å². The van der Waals surface area contributed by atoms with Gasteiger partial charge in [-0.2, -0.15) is 0 Å². The largest absolute Gasteiger partial charge is 0.352 e. The molecule has 3 aliphatic heterocycles. The van der Waals surface area contributed by atoms with Gasteiger partial charge in [0.2, 0.25) is 5.91 Å². The van der Waals surface area contributed by atoms with Crippen molar-refractivity contribution in [2.24, 2.45) is 5.92 Å². The molecule has 0 aromatic carbocycles.